The van der Waals surface area contributed by atoms with E-state index in [1.165, 1.54) is 16.4 Å². The molecule has 2 aliphatic rings. The molecule has 214 valence electrons. The summed E-state index contributed by atoms with van der Waals surface area (Å²) in [7, 11) is -3.43. The van der Waals surface area contributed by atoms with E-state index in [0.29, 0.717) is 36.5 Å². The number of sulfonamides is 1. The number of anilines is 1. The molecule has 40 heavy (non-hydrogen) atoms. The fourth-order valence-electron chi connectivity index (χ4n) is 5.45. The maximum Gasteiger partial charge on any atom is 0.416 e. The van der Waals surface area contributed by atoms with Crippen LogP contribution in [0.15, 0.2) is 53.7 Å². The third-order valence-electron chi connectivity index (χ3n) is 7.59. The number of aromatic nitrogens is 2. The van der Waals surface area contributed by atoms with Crippen LogP contribution in [0.25, 0.3) is 11.3 Å². The Labute approximate surface area is 231 Å². The minimum absolute atomic E-state index is 0.142. The Hall–Kier alpha value is -3.29. The van der Waals surface area contributed by atoms with Gasteiger partial charge >= 0.3 is 6.18 Å². The number of aryl methyl sites for hydroxylation is 1. The van der Waals surface area contributed by atoms with Gasteiger partial charge in [0, 0.05) is 75.6 Å². The van der Waals surface area contributed by atoms with Gasteiger partial charge in [-0.2, -0.15) is 22.6 Å². The molecule has 0 bridgehead atoms. The minimum Gasteiger partial charge on any atom is -0.367 e. The van der Waals surface area contributed by atoms with E-state index in [1.807, 2.05) is 16.8 Å². The normalized spacial score (nSPS) is 17.1. The maximum atomic E-state index is 13.1. The molecule has 2 aliphatic heterocycles. The van der Waals surface area contributed by atoms with E-state index in [0.717, 1.165) is 74.5 Å². The first-order valence-electron chi connectivity index (χ1n) is 13.2. The van der Waals surface area contributed by atoms with Gasteiger partial charge in [0.15, 0.2) is 0 Å². The Morgan fingerprint density at radius 1 is 0.950 bits per heavy atom. The van der Waals surface area contributed by atoms with Crippen LogP contribution >= 0.6 is 0 Å². The third-order valence-corrected chi connectivity index (χ3v) is 8.84. The topological polar surface area (TPSA) is 91.1 Å². The van der Waals surface area contributed by atoms with Crippen molar-refractivity contribution in [3.05, 3.63) is 70.3 Å². The Kier molecular flexibility index (Phi) is 7.98. The molecule has 0 aliphatic carbocycles. The largest absolute Gasteiger partial charge is 0.416 e. The highest BCUT2D eigenvalue weighted by molar-refractivity contribution is 7.88. The number of rotatable bonds is 8. The van der Waals surface area contributed by atoms with Gasteiger partial charge in [-0.3, -0.25) is 9.58 Å². The van der Waals surface area contributed by atoms with E-state index in [9.17, 15) is 26.5 Å². The van der Waals surface area contributed by atoms with Crippen LogP contribution in [0.2, 0.25) is 0 Å². The Balaban J connectivity index is 1.28. The molecule has 0 saturated carbocycles. The molecule has 0 amide bonds. The number of fused-ring (bicyclic) bond motifs is 1. The summed E-state index contributed by atoms with van der Waals surface area (Å²) in [4.78, 5) is 15.7. The highest BCUT2D eigenvalue weighted by atomic mass is 32.2. The molecule has 0 spiro atoms. The third kappa shape index (κ3) is 6.06. The zero-order valence-corrected chi connectivity index (χ0v) is 23.0. The molecule has 3 heterocycles. The SMILES string of the molecule is CS(=O)(=O)N1CCc2c(c(-c3ccc(C(F)(F)F)cc3)nn2CCCN2CCN(c3ccccc3N=O)CC2)C1. The van der Waals surface area contributed by atoms with Crippen molar-refractivity contribution in [2.24, 2.45) is 5.18 Å². The molecule has 9 nitrogen and oxygen atoms in total. The number of para-hydroxylation sites is 1. The monoisotopic (exact) mass is 576 g/mol. The van der Waals surface area contributed by atoms with E-state index in [-0.39, 0.29) is 6.54 Å². The van der Waals surface area contributed by atoms with Gasteiger partial charge in [0.25, 0.3) is 0 Å². The lowest BCUT2D eigenvalue weighted by molar-refractivity contribution is -0.137. The molecule has 3 aromatic rings. The lowest BCUT2D eigenvalue weighted by atomic mass is 10.0. The summed E-state index contributed by atoms with van der Waals surface area (Å²) in [5.74, 6) is 0. The van der Waals surface area contributed by atoms with Crippen LogP contribution in [0.1, 0.15) is 23.2 Å². The van der Waals surface area contributed by atoms with Crippen molar-refractivity contribution in [3.8, 4) is 11.3 Å². The van der Waals surface area contributed by atoms with E-state index in [4.69, 9.17) is 5.10 Å². The van der Waals surface area contributed by atoms with Crippen molar-refractivity contribution in [2.75, 3.05) is 50.4 Å². The second-order valence-corrected chi connectivity index (χ2v) is 12.2. The second kappa shape index (κ2) is 11.3. The molecule has 5 rings (SSSR count). The first-order chi connectivity index (χ1) is 19.0. The van der Waals surface area contributed by atoms with E-state index < -0.39 is 21.8 Å². The number of hydrogen-bond acceptors (Lipinski definition) is 7. The van der Waals surface area contributed by atoms with Crippen molar-refractivity contribution in [1.82, 2.24) is 19.0 Å². The predicted molar refractivity (Wildman–Crippen MR) is 147 cm³/mol. The lowest BCUT2D eigenvalue weighted by Crippen LogP contribution is -2.46. The second-order valence-electron chi connectivity index (χ2n) is 10.2. The summed E-state index contributed by atoms with van der Waals surface area (Å²) in [6.45, 7) is 5.16. The van der Waals surface area contributed by atoms with Crippen LogP contribution < -0.4 is 4.90 Å². The van der Waals surface area contributed by atoms with Crippen molar-refractivity contribution in [3.63, 3.8) is 0 Å². The summed E-state index contributed by atoms with van der Waals surface area (Å²) in [5.41, 5.74) is 3.27. The van der Waals surface area contributed by atoms with Crippen LogP contribution in [0.3, 0.4) is 0 Å². The van der Waals surface area contributed by atoms with Crippen LogP contribution in [0, 0.1) is 4.91 Å². The zero-order valence-electron chi connectivity index (χ0n) is 22.1. The number of alkyl halides is 3. The number of halogens is 3. The summed E-state index contributed by atoms with van der Waals surface area (Å²) in [6, 6.07) is 12.2. The molecule has 0 unspecified atom stereocenters. The molecule has 2 aromatic carbocycles. The molecule has 1 aromatic heterocycles. The van der Waals surface area contributed by atoms with Gasteiger partial charge in [0.05, 0.1) is 23.2 Å². The van der Waals surface area contributed by atoms with Gasteiger partial charge in [-0.1, -0.05) is 24.3 Å². The molecular formula is C27H31F3N6O3S. The van der Waals surface area contributed by atoms with Crippen LogP contribution in [0.4, 0.5) is 24.5 Å². The fourth-order valence-corrected chi connectivity index (χ4v) is 6.23. The van der Waals surface area contributed by atoms with Crippen molar-refractivity contribution in [1.29, 1.82) is 0 Å². The maximum absolute atomic E-state index is 13.1. The summed E-state index contributed by atoms with van der Waals surface area (Å²) < 4.78 is 67.1. The average molecular weight is 577 g/mol. The highest BCUT2D eigenvalue weighted by Crippen LogP contribution is 2.34. The van der Waals surface area contributed by atoms with Crippen molar-refractivity contribution >= 4 is 21.4 Å². The molecule has 13 heteroatoms. The quantitative estimate of drug-likeness (QED) is 0.367. The van der Waals surface area contributed by atoms with Crippen LogP contribution in [-0.4, -0.2) is 72.9 Å². The Morgan fingerprint density at radius 3 is 2.30 bits per heavy atom. The van der Waals surface area contributed by atoms with Gasteiger partial charge in [-0.15, -0.1) is 4.91 Å². The number of nitrogens with zero attached hydrogens (tertiary/aromatic N) is 6. The first-order valence-corrected chi connectivity index (χ1v) is 15.0. The van der Waals surface area contributed by atoms with Gasteiger partial charge in [-0.05, 0) is 35.9 Å². The summed E-state index contributed by atoms with van der Waals surface area (Å²) in [6.07, 6.45) is -1.99. The highest BCUT2D eigenvalue weighted by Gasteiger charge is 2.32. The number of nitroso groups, excluding NO2 is 1. The van der Waals surface area contributed by atoms with Crippen molar-refractivity contribution in [2.45, 2.75) is 32.1 Å². The van der Waals surface area contributed by atoms with Gasteiger partial charge in [0.1, 0.15) is 5.69 Å². The molecular weight excluding hydrogens is 545 g/mol. The Bertz CT molecular complexity index is 1470. The number of benzene rings is 2. The summed E-state index contributed by atoms with van der Waals surface area (Å²) >= 11 is 0. The van der Waals surface area contributed by atoms with E-state index in [2.05, 4.69) is 15.0 Å². The van der Waals surface area contributed by atoms with Crippen LogP contribution in [-0.2, 0) is 35.7 Å². The number of piperazine rings is 1. The van der Waals surface area contributed by atoms with Gasteiger partial charge < -0.3 is 4.90 Å². The predicted octanol–water partition coefficient (Wildman–Crippen LogP) is 4.50. The minimum atomic E-state index is -4.44. The smallest absolute Gasteiger partial charge is 0.367 e. The molecule has 0 N–H and O–H groups in total. The first kappa shape index (κ1) is 28.2. The fraction of sp³-hybridized carbons (Fsp3) is 0.444. The zero-order chi connectivity index (χ0) is 28.5. The number of hydrogen-bond donors (Lipinski definition) is 0. The molecule has 0 radical (unpaired) electrons. The van der Waals surface area contributed by atoms with E-state index in [1.54, 1.807) is 12.1 Å². The van der Waals surface area contributed by atoms with Crippen LogP contribution in [0.5, 0.6) is 0 Å². The molecule has 0 atom stereocenters. The lowest BCUT2D eigenvalue weighted by Gasteiger charge is -2.36. The summed E-state index contributed by atoms with van der Waals surface area (Å²) in [5, 5.41) is 7.91. The standard InChI is InChI=1S/C27H31F3N6O3S/c1-40(38,39)35-14-11-24-22(19-35)26(20-7-9-21(10-8-20)27(28,29)30)31-36(24)13-4-12-33-15-17-34(18-16-33)25-6-3-2-5-23(25)32-37/h2-3,5-10H,4,11-19H2,1H3. The van der Waals surface area contributed by atoms with Gasteiger partial charge in [-0.25, -0.2) is 8.42 Å². The van der Waals surface area contributed by atoms with E-state index >= 15 is 0 Å². The molecule has 1 fully saturated rings. The molecule has 1 saturated heterocycles. The van der Waals surface area contributed by atoms with Gasteiger partial charge in [0.2, 0.25) is 10.0 Å². The average Bonchev–Trinajstić information content (AvgIpc) is 3.30. The van der Waals surface area contributed by atoms with Crippen molar-refractivity contribution < 1.29 is 21.6 Å². The Morgan fingerprint density at radius 2 is 1.65 bits per heavy atom.